The molecule has 16 heavy (non-hydrogen) atoms. The highest BCUT2D eigenvalue weighted by Gasteiger charge is 2.21. The second-order valence-corrected chi connectivity index (χ2v) is 5.15. The second-order valence-electron chi connectivity index (χ2n) is 5.15. The van der Waals surface area contributed by atoms with Crippen molar-refractivity contribution in [3.05, 3.63) is 0 Å². The van der Waals surface area contributed by atoms with Crippen molar-refractivity contribution >= 4 is 5.91 Å². The van der Waals surface area contributed by atoms with Gasteiger partial charge in [-0.1, -0.05) is 20.3 Å². The molecule has 1 amide bonds. The number of nitrogens with one attached hydrogen (secondary N) is 1. The molecule has 1 rings (SSSR count). The summed E-state index contributed by atoms with van der Waals surface area (Å²) in [6, 6.07) is 0.418. The highest BCUT2D eigenvalue weighted by molar-refractivity contribution is 5.78. The molecule has 2 unspecified atom stereocenters. The maximum Gasteiger partial charge on any atom is 0.222 e. The largest absolute Gasteiger partial charge is 0.341 e. The molecular formula is C13H26N2O. The van der Waals surface area contributed by atoms with Crippen LogP contribution in [-0.4, -0.2) is 36.5 Å². The summed E-state index contributed by atoms with van der Waals surface area (Å²) < 4.78 is 0. The third kappa shape index (κ3) is 4.52. The average Bonchev–Trinajstić information content (AvgIpc) is 2.62. The van der Waals surface area contributed by atoms with Crippen molar-refractivity contribution < 1.29 is 4.79 Å². The van der Waals surface area contributed by atoms with Crippen LogP contribution in [0, 0.1) is 5.92 Å². The maximum absolute atomic E-state index is 11.4. The number of carbonyl (C=O) groups is 1. The first-order valence-corrected chi connectivity index (χ1v) is 6.64. The van der Waals surface area contributed by atoms with E-state index in [0.29, 0.717) is 11.9 Å². The van der Waals surface area contributed by atoms with Crippen LogP contribution in [0.15, 0.2) is 0 Å². The Kier molecular flexibility index (Phi) is 5.81. The number of carbonyl (C=O) groups excluding carboxylic acids is 1. The van der Waals surface area contributed by atoms with E-state index >= 15 is 0 Å². The molecule has 3 nitrogen and oxygen atoms in total. The van der Waals surface area contributed by atoms with Gasteiger partial charge in [-0.2, -0.15) is 0 Å². The van der Waals surface area contributed by atoms with Crippen LogP contribution >= 0.6 is 0 Å². The molecular weight excluding hydrogens is 200 g/mol. The van der Waals surface area contributed by atoms with Crippen LogP contribution in [0.3, 0.4) is 0 Å². The highest BCUT2D eigenvalue weighted by atomic mass is 16.2. The van der Waals surface area contributed by atoms with Crippen LogP contribution in [0.2, 0.25) is 0 Å². The van der Waals surface area contributed by atoms with Gasteiger partial charge in [-0.05, 0) is 32.2 Å². The third-order valence-corrected chi connectivity index (χ3v) is 3.26. The number of hydrogen-bond donors (Lipinski definition) is 1. The van der Waals surface area contributed by atoms with E-state index < -0.39 is 0 Å². The molecule has 1 aliphatic heterocycles. The lowest BCUT2D eigenvalue weighted by atomic mass is 10.1. The molecule has 0 spiro atoms. The molecule has 1 heterocycles. The fourth-order valence-electron chi connectivity index (χ4n) is 2.29. The van der Waals surface area contributed by atoms with Gasteiger partial charge in [0, 0.05) is 25.6 Å². The Morgan fingerprint density at radius 3 is 2.75 bits per heavy atom. The van der Waals surface area contributed by atoms with E-state index in [0.717, 1.165) is 38.4 Å². The SMILES string of the molecule is CCCC(C)CNC(C)CN1CCCC1=O. The number of likely N-dealkylation sites (tertiary alicyclic amines) is 1. The molecule has 0 aromatic heterocycles. The van der Waals surface area contributed by atoms with E-state index in [1.807, 2.05) is 4.90 Å². The number of nitrogens with zero attached hydrogens (tertiary/aromatic N) is 1. The molecule has 1 saturated heterocycles. The molecule has 0 aromatic carbocycles. The third-order valence-electron chi connectivity index (χ3n) is 3.26. The van der Waals surface area contributed by atoms with Crippen molar-refractivity contribution in [2.45, 2.75) is 52.5 Å². The minimum atomic E-state index is 0.329. The first kappa shape index (κ1) is 13.5. The molecule has 3 heteroatoms. The number of rotatable bonds is 7. The standard InChI is InChI=1S/C13H26N2O/c1-4-6-11(2)9-14-12(3)10-15-8-5-7-13(15)16/h11-12,14H,4-10H2,1-3H3. The lowest BCUT2D eigenvalue weighted by Gasteiger charge is -2.23. The van der Waals surface area contributed by atoms with Crippen molar-refractivity contribution in [1.82, 2.24) is 10.2 Å². The van der Waals surface area contributed by atoms with Gasteiger partial charge >= 0.3 is 0 Å². The van der Waals surface area contributed by atoms with Crippen LogP contribution in [0.25, 0.3) is 0 Å². The van der Waals surface area contributed by atoms with E-state index in [-0.39, 0.29) is 0 Å². The van der Waals surface area contributed by atoms with Gasteiger partial charge in [0.05, 0.1) is 0 Å². The molecule has 0 aliphatic carbocycles. The maximum atomic E-state index is 11.4. The zero-order valence-corrected chi connectivity index (χ0v) is 11.0. The lowest BCUT2D eigenvalue weighted by molar-refractivity contribution is -0.127. The number of hydrogen-bond acceptors (Lipinski definition) is 2. The molecule has 1 fully saturated rings. The van der Waals surface area contributed by atoms with Gasteiger partial charge in [0.2, 0.25) is 5.91 Å². The van der Waals surface area contributed by atoms with E-state index in [4.69, 9.17) is 0 Å². The Morgan fingerprint density at radius 2 is 2.19 bits per heavy atom. The molecule has 2 atom stereocenters. The Labute approximate surface area is 99.6 Å². The summed E-state index contributed by atoms with van der Waals surface area (Å²) in [5.74, 6) is 1.07. The van der Waals surface area contributed by atoms with Crippen molar-refractivity contribution in [3.8, 4) is 0 Å². The van der Waals surface area contributed by atoms with E-state index in [9.17, 15) is 4.79 Å². The fourth-order valence-corrected chi connectivity index (χ4v) is 2.29. The van der Waals surface area contributed by atoms with Gasteiger partial charge in [0.1, 0.15) is 0 Å². The molecule has 1 aliphatic rings. The van der Waals surface area contributed by atoms with Crippen LogP contribution in [0.1, 0.15) is 46.5 Å². The monoisotopic (exact) mass is 226 g/mol. The van der Waals surface area contributed by atoms with Crippen LogP contribution in [0.4, 0.5) is 0 Å². The summed E-state index contributed by atoms with van der Waals surface area (Å²) in [6.07, 6.45) is 4.32. The summed E-state index contributed by atoms with van der Waals surface area (Å²) in [6.45, 7) is 9.57. The first-order chi connectivity index (χ1) is 7.63. The minimum Gasteiger partial charge on any atom is -0.341 e. The van der Waals surface area contributed by atoms with Crippen LogP contribution < -0.4 is 5.32 Å². The first-order valence-electron chi connectivity index (χ1n) is 6.64. The Balaban J connectivity index is 2.15. The van der Waals surface area contributed by atoms with Gasteiger partial charge in [0.15, 0.2) is 0 Å². The Bertz CT molecular complexity index is 218. The molecule has 1 N–H and O–H groups in total. The van der Waals surface area contributed by atoms with Crippen molar-refractivity contribution in [2.75, 3.05) is 19.6 Å². The van der Waals surface area contributed by atoms with Gasteiger partial charge in [0.25, 0.3) is 0 Å². The predicted molar refractivity (Wildman–Crippen MR) is 67.4 cm³/mol. The topological polar surface area (TPSA) is 32.3 Å². The summed E-state index contributed by atoms with van der Waals surface area (Å²) in [5, 5.41) is 3.52. The predicted octanol–water partition coefficient (Wildman–Crippen LogP) is 2.02. The van der Waals surface area contributed by atoms with Crippen molar-refractivity contribution in [1.29, 1.82) is 0 Å². The Hall–Kier alpha value is -0.570. The van der Waals surface area contributed by atoms with Gasteiger partial charge in [-0.15, -0.1) is 0 Å². The zero-order chi connectivity index (χ0) is 12.0. The summed E-state index contributed by atoms with van der Waals surface area (Å²) >= 11 is 0. The summed E-state index contributed by atoms with van der Waals surface area (Å²) in [4.78, 5) is 13.4. The second kappa shape index (κ2) is 6.89. The van der Waals surface area contributed by atoms with E-state index in [1.54, 1.807) is 0 Å². The van der Waals surface area contributed by atoms with Gasteiger partial charge in [-0.3, -0.25) is 4.79 Å². The molecule has 0 aromatic rings. The summed E-state index contributed by atoms with van der Waals surface area (Å²) in [7, 11) is 0. The van der Waals surface area contributed by atoms with Gasteiger partial charge < -0.3 is 10.2 Å². The minimum absolute atomic E-state index is 0.329. The van der Waals surface area contributed by atoms with Crippen LogP contribution in [0.5, 0.6) is 0 Å². The molecule has 0 radical (unpaired) electrons. The molecule has 0 bridgehead atoms. The van der Waals surface area contributed by atoms with Crippen LogP contribution in [-0.2, 0) is 4.79 Å². The Morgan fingerprint density at radius 1 is 1.44 bits per heavy atom. The quantitative estimate of drug-likeness (QED) is 0.720. The highest BCUT2D eigenvalue weighted by Crippen LogP contribution is 2.10. The zero-order valence-electron chi connectivity index (χ0n) is 11.0. The number of amides is 1. The van der Waals surface area contributed by atoms with Crippen molar-refractivity contribution in [2.24, 2.45) is 5.92 Å². The fraction of sp³-hybridized carbons (Fsp3) is 0.923. The molecule has 94 valence electrons. The lowest BCUT2D eigenvalue weighted by Crippen LogP contribution is -2.41. The molecule has 0 saturated carbocycles. The van der Waals surface area contributed by atoms with E-state index in [1.165, 1.54) is 12.8 Å². The average molecular weight is 226 g/mol. The van der Waals surface area contributed by atoms with Gasteiger partial charge in [-0.25, -0.2) is 0 Å². The van der Waals surface area contributed by atoms with E-state index in [2.05, 4.69) is 26.1 Å². The normalized spacial score (nSPS) is 20.2. The summed E-state index contributed by atoms with van der Waals surface area (Å²) in [5.41, 5.74) is 0. The smallest absolute Gasteiger partial charge is 0.222 e. The van der Waals surface area contributed by atoms with Crippen molar-refractivity contribution in [3.63, 3.8) is 0 Å².